The highest BCUT2D eigenvalue weighted by molar-refractivity contribution is 7.47. The lowest BCUT2D eigenvalue weighted by Crippen LogP contribution is -2.45. The van der Waals surface area contributed by atoms with Crippen LogP contribution in [0.25, 0.3) is 0 Å². The maximum absolute atomic E-state index is 12.1. The molecule has 0 aromatic rings. The van der Waals surface area contributed by atoms with Gasteiger partial charge in [0.25, 0.3) is 0 Å². The van der Waals surface area contributed by atoms with Crippen molar-refractivity contribution in [3.63, 3.8) is 0 Å². The van der Waals surface area contributed by atoms with E-state index < -0.39 is 7.60 Å². The summed E-state index contributed by atoms with van der Waals surface area (Å²) in [5.74, 6) is -0.298. The van der Waals surface area contributed by atoms with Crippen molar-refractivity contribution in [2.24, 2.45) is 0 Å². The Morgan fingerprint density at radius 2 is 0.333 bits per heavy atom. The van der Waals surface area contributed by atoms with E-state index in [4.69, 9.17) is 33.3 Å². The Morgan fingerprint density at radius 1 is 0.232 bits per heavy atom. The molecule has 0 unspecified atom stereocenters. The second-order valence-corrected chi connectivity index (χ2v) is 32.8. The lowest BCUT2D eigenvalue weighted by atomic mass is 10.0. The van der Waals surface area contributed by atoms with Gasteiger partial charge in [-0.1, -0.05) is 395 Å². The van der Waals surface area contributed by atoms with Crippen LogP contribution in [0.15, 0.2) is 0 Å². The monoisotopic (exact) mass is 1430 g/mol. The van der Waals surface area contributed by atoms with Crippen molar-refractivity contribution in [1.82, 2.24) is 0 Å². The smallest absolute Gasteiger partial charge is 0.305 e. The Hall–Kier alpha value is -2.05. The fraction of sp³-hybridized carbons (Fsp3) is 0.953. The predicted molar refractivity (Wildman–Crippen MR) is 419 cm³/mol. The standard InChI is InChI=1S/2C42H84NO4.CH5O3P/c2*1-5-7-9-11-13-15-17-19-21-23-25-27-29-31-33-35-41(44)46-39-37-43(3,4)38-40-47-42(45)36-34-32-30-28-26-24-22-20-18-16-14-12-10-8-6-2;1-5(2,3)4/h2*5-40H2,1-4H3;1H3,(H2,2,3,4)/q2*+1;/p-2. The molecule has 99 heavy (non-hydrogen) atoms. The zero-order chi connectivity index (χ0) is 73.5. The van der Waals surface area contributed by atoms with Crippen LogP contribution in [-0.2, 0) is 42.7 Å². The Morgan fingerprint density at radius 3 is 0.444 bits per heavy atom. The molecule has 0 aromatic heterocycles. The van der Waals surface area contributed by atoms with Gasteiger partial charge < -0.3 is 42.3 Å². The van der Waals surface area contributed by atoms with E-state index in [1.165, 1.54) is 334 Å². The summed E-state index contributed by atoms with van der Waals surface area (Å²) < 4.78 is 32.5. The summed E-state index contributed by atoms with van der Waals surface area (Å²) in [5, 5.41) is 0. The molecular weight excluding hydrogens is 1260 g/mol. The van der Waals surface area contributed by atoms with Gasteiger partial charge in [0.15, 0.2) is 0 Å². The van der Waals surface area contributed by atoms with E-state index in [0.717, 1.165) is 77.5 Å². The molecule has 0 amide bonds. The summed E-state index contributed by atoms with van der Waals surface area (Å²) >= 11 is 0. The van der Waals surface area contributed by atoms with Crippen LogP contribution in [0.2, 0.25) is 0 Å². The van der Waals surface area contributed by atoms with Crippen LogP contribution in [0, 0.1) is 0 Å². The first-order valence-electron chi connectivity index (χ1n) is 43.1. The van der Waals surface area contributed by atoms with Crippen molar-refractivity contribution in [2.75, 3.05) is 87.5 Å². The van der Waals surface area contributed by atoms with Gasteiger partial charge >= 0.3 is 23.9 Å². The van der Waals surface area contributed by atoms with Crippen LogP contribution in [-0.4, -0.2) is 120 Å². The third-order valence-electron chi connectivity index (χ3n) is 19.8. The molecule has 0 fully saturated rings. The Balaban J connectivity index is -0.00000174. The highest BCUT2D eigenvalue weighted by Gasteiger charge is 2.19. The van der Waals surface area contributed by atoms with Crippen LogP contribution < -0.4 is 9.79 Å². The van der Waals surface area contributed by atoms with E-state index in [1.54, 1.807) is 0 Å². The molecule has 0 aliphatic heterocycles. The summed E-state index contributed by atoms with van der Waals surface area (Å²) in [7, 11) is 4.27. The van der Waals surface area contributed by atoms with Crippen molar-refractivity contribution in [3.8, 4) is 0 Å². The average molecular weight is 1430 g/mol. The van der Waals surface area contributed by atoms with Crippen LogP contribution in [0.1, 0.15) is 439 Å². The maximum atomic E-state index is 12.1. The SMILES string of the molecule is CCCCCCCCCCCCCCCCCC(=O)OCC[N+](C)(C)CCOC(=O)CCCCCCCCCCCCCCCCC.CCCCCCCCCCCCCCCCCC(=O)OCC[N+](C)(C)CCOC(=O)CCCCCCCCCCCCCCCCC.CP(=O)([O-])[O-]. The molecule has 0 aliphatic carbocycles. The molecule has 0 N–H and O–H groups in total. The molecule has 0 saturated carbocycles. The summed E-state index contributed by atoms with van der Waals surface area (Å²) in [6, 6.07) is 0. The molecule has 0 rings (SSSR count). The average Bonchev–Trinajstić information content (AvgIpc) is 1.18. The summed E-state index contributed by atoms with van der Waals surface area (Å²) in [4.78, 5) is 66.8. The van der Waals surface area contributed by atoms with Crippen LogP contribution in [0.3, 0.4) is 0 Å². The molecule has 0 atom stereocenters. The minimum Gasteiger partial charge on any atom is -0.811 e. The topological polar surface area (TPSA) is 168 Å². The van der Waals surface area contributed by atoms with Gasteiger partial charge in [0.05, 0.1) is 28.2 Å². The number of rotatable bonds is 76. The molecule has 0 aliphatic rings. The molecule has 0 bridgehead atoms. The Kier molecular flexibility index (Phi) is 81.8. The van der Waals surface area contributed by atoms with Crippen molar-refractivity contribution in [2.45, 2.75) is 439 Å². The number of hydrogen-bond acceptors (Lipinski definition) is 11. The predicted octanol–water partition coefficient (Wildman–Crippen LogP) is 23.9. The summed E-state index contributed by atoms with van der Waals surface area (Å²) in [6.07, 6.45) is 81.8. The van der Waals surface area contributed by atoms with E-state index in [0.29, 0.717) is 67.7 Å². The fourth-order valence-corrected chi connectivity index (χ4v) is 12.7. The molecule has 13 nitrogen and oxygen atoms in total. The Labute approximate surface area is 615 Å². The second-order valence-electron chi connectivity index (χ2n) is 31.2. The first-order chi connectivity index (χ1) is 47.8. The molecule has 0 radical (unpaired) electrons. The molecular formula is C85H171N2O11P. The highest BCUT2D eigenvalue weighted by atomic mass is 31.2. The first-order valence-corrected chi connectivity index (χ1v) is 45.1. The summed E-state index contributed by atoms with van der Waals surface area (Å²) in [5.41, 5.74) is 0. The van der Waals surface area contributed by atoms with Gasteiger partial charge in [0, 0.05) is 25.7 Å². The van der Waals surface area contributed by atoms with Crippen molar-refractivity contribution < 1.29 is 61.4 Å². The summed E-state index contributed by atoms with van der Waals surface area (Å²) in [6.45, 7) is 14.4. The third kappa shape index (κ3) is 96.0. The number of esters is 4. The van der Waals surface area contributed by atoms with E-state index >= 15 is 0 Å². The normalized spacial score (nSPS) is 11.7. The largest absolute Gasteiger partial charge is 0.811 e. The zero-order valence-corrected chi connectivity index (χ0v) is 68.6. The van der Waals surface area contributed by atoms with Gasteiger partial charge in [-0.15, -0.1) is 0 Å². The van der Waals surface area contributed by atoms with Crippen molar-refractivity contribution >= 4 is 31.5 Å². The van der Waals surface area contributed by atoms with Crippen LogP contribution in [0.4, 0.5) is 0 Å². The van der Waals surface area contributed by atoms with Crippen molar-refractivity contribution in [1.29, 1.82) is 0 Å². The number of likely N-dealkylation sites (N-methyl/N-ethyl adjacent to an activating group) is 2. The van der Waals surface area contributed by atoms with Gasteiger partial charge in [-0.3, -0.25) is 19.2 Å². The van der Waals surface area contributed by atoms with E-state index in [-0.39, 0.29) is 23.9 Å². The molecule has 0 spiro atoms. The molecule has 592 valence electrons. The molecule has 0 heterocycles. The van der Waals surface area contributed by atoms with Crippen molar-refractivity contribution in [3.05, 3.63) is 0 Å². The van der Waals surface area contributed by atoms with Gasteiger partial charge in [0.2, 0.25) is 0 Å². The second kappa shape index (κ2) is 80.1. The maximum Gasteiger partial charge on any atom is 0.305 e. The number of hydrogen-bond donors (Lipinski definition) is 0. The number of unbranched alkanes of at least 4 members (excludes halogenated alkanes) is 56. The number of quaternary nitrogens is 2. The fourth-order valence-electron chi connectivity index (χ4n) is 12.7. The minimum atomic E-state index is -4.14. The number of carbonyl (C=O) groups excluding carboxylic acids is 4. The molecule has 0 aromatic carbocycles. The van der Waals surface area contributed by atoms with Gasteiger partial charge in [0.1, 0.15) is 52.6 Å². The lowest BCUT2D eigenvalue weighted by Gasteiger charge is -2.29. The number of carbonyl (C=O) groups is 4. The zero-order valence-electron chi connectivity index (χ0n) is 67.7. The van der Waals surface area contributed by atoms with Gasteiger partial charge in [-0.05, 0) is 32.3 Å². The van der Waals surface area contributed by atoms with E-state index in [9.17, 15) is 19.2 Å². The van der Waals surface area contributed by atoms with E-state index in [1.807, 2.05) is 0 Å². The van der Waals surface area contributed by atoms with E-state index in [2.05, 4.69) is 55.9 Å². The Bertz CT molecular complexity index is 1500. The highest BCUT2D eigenvalue weighted by Crippen LogP contribution is 2.20. The van der Waals surface area contributed by atoms with Gasteiger partial charge in [-0.25, -0.2) is 0 Å². The first kappa shape index (κ1) is 101. The number of ether oxygens (including phenoxy) is 4. The van der Waals surface area contributed by atoms with Gasteiger partial charge in [-0.2, -0.15) is 0 Å². The number of nitrogens with zero attached hydrogens (tertiary/aromatic N) is 2. The van der Waals surface area contributed by atoms with Crippen LogP contribution >= 0.6 is 7.60 Å². The quantitative estimate of drug-likeness (QED) is 0.0187. The molecule has 14 heteroatoms. The lowest BCUT2D eigenvalue weighted by molar-refractivity contribution is -0.890. The molecule has 0 saturated heterocycles. The third-order valence-corrected chi connectivity index (χ3v) is 19.8. The van der Waals surface area contributed by atoms with Crippen LogP contribution in [0.5, 0.6) is 0 Å². The minimum absolute atomic E-state index is 0.0744.